The van der Waals surface area contributed by atoms with Crippen LogP contribution in [0.2, 0.25) is 0 Å². The average Bonchev–Trinajstić information content (AvgIpc) is 2.92. The molecule has 2 aromatic rings. The highest BCUT2D eigenvalue weighted by molar-refractivity contribution is 5.79. The number of carbonyl (C=O) groups is 1. The first kappa shape index (κ1) is 17.3. The molecule has 26 heavy (non-hydrogen) atoms. The van der Waals surface area contributed by atoms with Crippen molar-refractivity contribution in [1.82, 2.24) is 20.0 Å². The monoisotopic (exact) mass is 352 g/mol. The SMILES string of the molecule is Cc1cc(C)cc(CN2CCn3nc(CNC(=O)C4CCC4)cc3C2)c1. The predicted octanol–water partition coefficient (Wildman–Crippen LogP) is 2.93. The predicted molar refractivity (Wildman–Crippen MR) is 101 cm³/mol. The quantitative estimate of drug-likeness (QED) is 0.900. The summed E-state index contributed by atoms with van der Waals surface area (Å²) in [5.41, 5.74) is 6.25. The van der Waals surface area contributed by atoms with Gasteiger partial charge in [-0.3, -0.25) is 14.4 Å². The zero-order chi connectivity index (χ0) is 18.1. The van der Waals surface area contributed by atoms with Crippen molar-refractivity contribution in [3.8, 4) is 0 Å². The van der Waals surface area contributed by atoms with Crippen molar-refractivity contribution < 1.29 is 4.79 Å². The maximum absolute atomic E-state index is 12.0. The number of rotatable bonds is 5. The Balaban J connectivity index is 1.36. The maximum atomic E-state index is 12.0. The third kappa shape index (κ3) is 3.83. The second-order valence-electron chi connectivity index (χ2n) is 7.90. The standard InChI is InChI=1S/C21H28N4O/c1-15-8-16(2)10-17(9-15)13-24-6-7-25-20(14-24)11-19(23-25)12-22-21(26)18-4-3-5-18/h8-11,18H,3-7,12-14H2,1-2H3,(H,22,26). The Morgan fingerprint density at radius 2 is 1.92 bits per heavy atom. The second-order valence-corrected chi connectivity index (χ2v) is 7.90. The third-order valence-corrected chi connectivity index (χ3v) is 5.53. The minimum absolute atomic E-state index is 0.193. The Labute approximate surface area is 155 Å². The summed E-state index contributed by atoms with van der Waals surface area (Å²) in [5.74, 6) is 0.430. The lowest BCUT2D eigenvalue weighted by atomic mass is 9.85. The van der Waals surface area contributed by atoms with Gasteiger partial charge in [0.15, 0.2) is 0 Å². The van der Waals surface area contributed by atoms with Gasteiger partial charge in [-0.2, -0.15) is 5.10 Å². The lowest BCUT2D eigenvalue weighted by Gasteiger charge is -2.27. The van der Waals surface area contributed by atoms with Gasteiger partial charge in [0.05, 0.1) is 24.5 Å². The molecular weight excluding hydrogens is 324 g/mol. The van der Waals surface area contributed by atoms with Gasteiger partial charge in [0, 0.05) is 25.6 Å². The van der Waals surface area contributed by atoms with Gasteiger partial charge in [0.25, 0.3) is 0 Å². The lowest BCUT2D eigenvalue weighted by Crippen LogP contribution is -2.34. The highest BCUT2D eigenvalue weighted by Crippen LogP contribution is 2.26. The summed E-state index contributed by atoms with van der Waals surface area (Å²) in [7, 11) is 0. The fraction of sp³-hybridized carbons (Fsp3) is 0.524. The number of aromatic nitrogens is 2. The first-order chi connectivity index (χ1) is 12.6. The molecule has 5 heteroatoms. The molecule has 5 nitrogen and oxygen atoms in total. The number of benzene rings is 1. The van der Waals surface area contributed by atoms with E-state index in [1.165, 1.54) is 28.8 Å². The van der Waals surface area contributed by atoms with Gasteiger partial charge < -0.3 is 5.32 Å². The fourth-order valence-corrected chi connectivity index (χ4v) is 4.01. The Bertz CT molecular complexity index is 786. The Morgan fingerprint density at radius 3 is 2.62 bits per heavy atom. The molecule has 1 amide bonds. The Morgan fingerprint density at radius 1 is 1.15 bits per heavy atom. The lowest BCUT2D eigenvalue weighted by molar-refractivity contribution is -0.127. The molecule has 1 fully saturated rings. The van der Waals surface area contributed by atoms with E-state index >= 15 is 0 Å². The summed E-state index contributed by atoms with van der Waals surface area (Å²) in [5, 5.41) is 7.72. The maximum Gasteiger partial charge on any atom is 0.223 e. The fourth-order valence-electron chi connectivity index (χ4n) is 4.01. The van der Waals surface area contributed by atoms with Gasteiger partial charge in [0.2, 0.25) is 5.91 Å². The van der Waals surface area contributed by atoms with Crippen LogP contribution >= 0.6 is 0 Å². The van der Waals surface area contributed by atoms with Crippen molar-refractivity contribution in [2.24, 2.45) is 5.92 Å². The van der Waals surface area contributed by atoms with Crippen LogP contribution in [0.3, 0.4) is 0 Å². The molecule has 1 aliphatic heterocycles. The number of nitrogens with one attached hydrogen (secondary N) is 1. The molecule has 0 atom stereocenters. The molecule has 1 aromatic carbocycles. The summed E-state index contributed by atoms with van der Waals surface area (Å²) < 4.78 is 2.10. The van der Waals surface area contributed by atoms with Gasteiger partial charge in [0.1, 0.15) is 0 Å². The molecule has 1 saturated carbocycles. The summed E-state index contributed by atoms with van der Waals surface area (Å²) >= 11 is 0. The molecule has 1 aromatic heterocycles. The zero-order valence-electron chi connectivity index (χ0n) is 15.8. The van der Waals surface area contributed by atoms with Crippen LogP contribution in [-0.4, -0.2) is 27.1 Å². The van der Waals surface area contributed by atoms with E-state index in [4.69, 9.17) is 0 Å². The normalized spacial score (nSPS) is 17.6. The minimum atomic E-state index is 0.193. The topological polar surface area (TPSA) is 50.2 Å². The summed E-state index contributed by atoms with van der Waals surface area (Å²) in [6, 6.07) is 8.92. The largest absolute Gasteiger partial charge is 0.350 e. The van der Waals surface area contributed by atoms with E-state index in [1.54, 1.807) is 0 Å². The molecule has 0 bridgehead atoms. The van der Waals surface area contributed by atoms with Crippen LogP contribution in [0.4, 0.5) is 0 Å². The Hall–Kier alpha value is -2.14. The number of hydrogen-bond donors (Lipinski definition) is 1. The number of amides is 1. The average molecular weight is 352 g/mol. The Kier molecular flexibility index (Phi) is 4.81. The van der Waals surface area contributed by atoms with Gasteiger partial charge in [-0.25, -0.2) is 0 Å². The number of carbonyl (C=O) groups excluding carboxylic acids is 1. The van der Waals surface area contributed by atoms with E-state index in [0.29, 0.717) is 6.54 Å². The number of aryl methyl sites for hydroxylation is 2. The molecule has 4 rings (SSSR count). The van der Waals surface area contributed by atoms with Gasteiger partial charge in [-0.1, -0.05) is 35.7 Å². The first-order valence-electron chi connectivity index (χ1n) is 9.70. The van der Waals surface area contributed by atoms with Crippen molar-refractivity contribution in [2.75, 3.05) is 6.54 Å². The van der Waals surface area contributed by atoms with E-state index in [1.807, 2.05) is 0 Å². The molecule has 0 radical (unpaired) electrons. The molecule has 2 aliphatic rings. The highest BCUT2D eigenvalue weighted by Gasteiger charge is 2.25. The van der Waals surface area contributed by atoms with Crippen molar-refractivity contribution in [1.29, 1.82) is 0 Å². The molecule has 0 spiro atoms. The first-order valence-corrected chi connectivity index (χ1v) is 9.70. The van der Waals surface area contributed by atoms with Crippen LogP contribution in [0, 0.1) is 19.8 Å². The smallest absolute Gasteiger partial charge is 0.223 e. The van der Waals surface area contributed by atoms with Crippen LogP contribution in [0.25, 0.3) is 0 Å². The molecular formula is C21H28N4O. The van der Waals surface area contributed by atoms with Crippen LogP contribution in [0.1, 0.15) is 47.3 Å². The van der Waals surface area contributed by atoms with Crippen LogP contribution < -0.4 is 5.32 Å². The molecule has 138 valence electrons. The molecule has 0 saturated heterocycles. The summed E-state index contributed by atoms with van der Waals surface area (Å²) in [6.45, 7) is 8.68. The van der Waals surface area contributed by atoms with E-state index in [2.05, 4.69) is 58.1 Å². The van der Waals surface area contributed by atoms with Crippen molar-refractivity contribution in [2.45, 2.75) is 59.3 Å². The molecule has 1 aliphatic carbocycles. The minimum Gasteiger partial charge on any atom is -0.350 e. The van der Waals surface area contributed by atoms with Crippen LogP contribution in [-0.2, 0) is 31.0 Å². The van der Waals surface area contributed by atoms with E-state index < -0.39 is 0 Å². The van der Waals surface area contributed by atoms with Crippen molar-refractivity contribution in [3.63, 3.8) is 0 Å². The summed E-state index contributed by atoms with van der Waals surface area (Å²) in [6.07, 6.45) is 3.27. The summed E-state index contributed by atoms with van der Waals surface area (Å²) in [4.78, 5) is 14.5. The number of hydrogen-bond acceptors (Lipinski definition) is 3. The van der Waals surface area contributed by atoms with E-state index in [9.17, 15) is 4.79 Å². The van der Waals surface area contributed by atoms with Gasteiger partial charge in [-0.05, 0) is 38.3 Å². The van der Waals surface area contributed by atoms with Gasteiger partial charge in [-0.15, -0.1) is 0 Å². The molecule has 2 heterocycles. The third-order valence-electron chi connectivity index (χ3n) is 5.53. The second kappa shape index (κ2) is 7.23. The van der Waals surface area contributed by atoms with Crippen LogP contribution in [0.5, 0.6) is 0 Å². The molecule has 1 N–H and O–H groups in total. The van der Waals surface area contributed by atoms with Gasteiger partial charge >= 0.3 is 0 Å². The van der Waals surface area contributed by atoms with Crippen molar-refractivity contribution in [3.05, 3.63) is 52.3 Å². The highest BCUT2D eigenvalue weighted by atomic mass is 16.1. The zero-order valence-corrected chi connectivity index (χ0v) is 15.8. The van der Waals surface area contributed by atoms with E-state index in [0.717, 1.165) is 44.7 Å². The number of fused-ring (bicyclic) bond motifs is 1. The number of nitrogens with zero attached hydrogens (tertiary/aromatic N) is 3. The van der Waals surface area contributed by atoms with Crippen LogP contribution in [0.15, 0.2) is 24.3 Å². The molecule has 0 unspecified atom stereocenters. The van der Waals surface area contributed by atoms with E-state index in [-0.39, 0.29) is 11.8 Å². The van der Waals surface area contributed by atoms with Crippen molar-refractivity contribution >= 4 is 5.91 Å².